The quantitative estimate of drug-likeness (QED) is 0.659. The van der Waals surface area contributed by atoms with Crippen molar-refractivity contribution in [2.75, 3.05) is 5.32 Å². The van der Waals surface area contributed by atoms with E-state index in [0.717, 1.165) is 5.56 Å². The lowest BCUT2D eigenvalue weighted by molar-refractivity contribution is 0.0698. The lowest BCUT2D eigenvalue weighted by Crippen LogP contribution is -2.29. The number of rotatable bonds is 4. The third-order valence-electron chi connectivity index (χ3n) is 2.75. The zero-order valence-electron chi connectivity index (χ0n) is 11.5. The molecule has 0 spiro atoms. The number of amides is 2. The molecule has 1 heterocycles. The number of hydrogen-bond acceptors (Lipinski definition) is 5. The molecule has 0 atom stereocenters. The molecule has 0 aliphatic carbocycles. The summed E-state index contributed by atoms with van der Waals surface area (Å²) in [5.41, 5.74) is 1.78. The summed E-state index contributed by atoms with van der Waals surface area (Å²) >= 11 is 0. The number of H-pyrrole nitrogens is 1. The molecule has 21 heavy (non-hydrogen) atoms. The lowest BCUT2D eigenvalue weighted by atomic mass is 10.0. The number of nitrogens with zero attached hydrogens (tertiary/aromatic N) is 3. The molecule has 2 aromatic rings. The summed E-state index contributed by atoms with van der Waals surface area (Å²) in [5, 5.41) is 27.2. The van der Waals surface area contributed by atoms with Crippen molar-refractivity contribution in [2.45, 2.75) is 20.4 Å². The SMILES string of the molecule is Cc1cc(C)c(NC(=O)NCc2nn[nH]n2)c(C(=O)O)c1. The molecule has 2 rings (SSSR count). The Labute approximate surface area is 119 Å². The maximum Gasteiger partial charge on any atom is 0.337 e. The monoisotopic (exact) mass is 290 g/mol. The van der Waals surface area contributed by atoms with Gasteiger partial charge in [-0.1, -0.05) is 11.3 Å². The van der Waals surface area contributed by atoms with Crippen molar-refractivity contribution < 1.29 is 14.7 Å². The summed E-state index contributed by atoms with van der Waals surface area (Å²) in [7, 11) is 0. The number of carbonyl (C=O) groups is 2. The molecule has 0 aliphatic rings. The first-order valence-corrected chi connectivity index (χ1v) is 6.09. The van der Waals surface area contributed by atoms with Gasteiger partial charge in [-0.3, -0.25) is 0 Å². The van der Waals surface area contributed by atoms with Gasteiger partial charge < -0.3 is 15.7 Å². The number of aromatic nitrogens is 4. The van der Waals surface area contributed by atoms with Crippen LogP contribution in [0.15, 0.2) is 12.1 Å². The fraction of sp³-hybridized carbons (Fsp3) is 0.250. The van der Waals surface area contributed by atoms with Crippen LogP contribution in [0.5, 0.6) is 0 Å². The van der Waals surface area contributed by atoms with E-state index in [9.17, 15) is 14.7 Å². The number of nitrogens with one attached hydrogen (secondary N) is 3. The highest BCUT2D eigenvalue weighted by atomic mass is 16.4. The summed E-state index contributed by atoms with van der Waals surface area (Å²) in [4.78, 5) is 23.1. The number of benzene rings is 1. The first-order chi connectivity index (χ1) is 9.97. The largest absolute Gasteiger partial charge is 0.478 e. The number of hydrogen-bond donors (Lipinski definition) is 4. The number of urea groups is 1. The fourth-order valence-corrected chi connectivity index (χ4v) is 1.88. The van der Waals surface area contributed by atoms with Gasteiger partial charge in [0.05, 0.1) is 17.8 Å². The molecule has 0 fully saturated rings. The molecule has 9 heteroatoms. The molecule has 0 bridgehead atoms. The minimum absolute atomic E-state index is 0.0437. The second-order valence-electron chi connectivity index (χ2n) is 4.45. The molecule has 1 aromatic heterocycles. The van der Waals surface area contributed by atoms with Crippen LogP contribution in [-0.2, 0) is 6.54 Å². The number of tetrazole rings is 1. The van der Waals surface area contributed by atoms with Gasteiger partial charge in [-0.05, 0) is 31.0 Å². The van der Waals surface area contributed by atoms with Crippen LogP contribution >= 0.6 is 0 Å². The van der Waals surface area contributed by atoms with E-state index in [1.807, 2.05) is 0 Å². The number of aryl methyl sites for hydroxylation is 2. The van der Waals surface area contributed by atoms with Crippen LogP contribution in [0.1, 0.15) is 27.3 Å². The third-order valence-corrected chi connectivity index (χ3v) is 2.75. The van der Waals surface area contributed by atoms with E-state index in [0.29, 0.717) is 11.4 Å². The van der Waals surface area contributed by atoms with E-state index in [4.69, 9.17) is 0 Å². The Bertz CT molecular complexity index is 668. The predicted octanol–water partition coefficient (Wildman–Crippen LogP) is 0.836. The molecule has 0 saturated heterocycles. The molecule has 110 valence electrons. The molecule has 0 saturated carbocycles. The van der Waals surface area contributed by atoms with E-state index in [1.54, 1.807) is 19.9 Å². The van der Waals surface area contributed by atoms with Crippen molar-refractivity contribution in [3.05, 3.63) is 34.6 Å². The maximum absolute atomic E-state index is 11.8. The number of carboxylic acids is 1. The van der Waals surface area contributed by atoms with Crippen molar-refractivity contribution in [1.82, 2.24) is 25.9 Å². The topological polar surface area (TPSA) is 133 Å². The Balaban J connectivity index is 2.11. The van der Waals surface area contributed by atoms with Gasteiger partial charge >= 0.3 is 12.0 Å². The average molecular weight is 290 g/mol. The number of aromatic amines is 1. The summed E-state index contributed by atoms with van der Waals surface area (Å²) in [5.74, 6) is -0.778. The van der Waals surface area contributed by atoms with E-state index >= 15 is 0 Å². The molecule has 2 amide bonds. The lowest BCUT2D eigenvalue weighted by Gasteiger charge is -2.13. The third kappa shape index (κ3) is 3.53. The van der Waals surface area contributed by atoms with Crippen LogP contribution in [0, 0.1) is 13.8 Å². The van der Waals surface area contributed by atoms with E-state index in [2.05, 4.69) is 31.3 Å². The summed E-state index contributed by atoms with van der Waals surface area (Å²) in [6, 6.07) is 2.75. The minimum Gasteiger partial charge on any atom is -0.478 e. The molecule has 0 radical (unpaired) electrons. The molecule has 0 unspecified atom stereocenters. The van der Waals surface area contributed by atoms with Gasteiger partial charge in [0.25, 0.3) is 0 Å². The first kappa shape index (κ1) is 14.4. The summed E-state index contributed by atoms with van der Waals surface area (Å²) < 4.78 is 0. The number of aromatic carboxylic acids is 1. The molecular formula is C12H14N6O3. The number of anilines is 1. The highest BCUT2D eigenvalue weighted by Gasteiger charge is 2.15. The highest BCUT2D eigenvalue weighted by molar-refractivity contribution is 6.01. The molecule has 1 aromatic carbocycles. The van der Waals surface area contributed by atoms with Crippen molar-refractivity contribution in [2.24, 2.45) is 0 Å². The van der Waals surface area contributed by atoms with Gasteiger partial charge in [0.2, 0.25) is 0 Å². The zero-order chi connectivity index (χ0) is 15.4. The van der Waals surface area contributed by atoms with Crippen LogP contribution in [-0.4, -0.2) is 37.7 Å². The average Bonchev–Trinajstić information content (AvgIpc) is 2.92. The minimum atomic E-state index is -1.10. The van der Waals surface area contributed by atoms with Crippen molar-refractivity contribution >= 4 is 17.7 Å². The number of carbonyl (C=O) groups excluding carboxylic acids is 1. The normalized spacial score (nSPS) is 10.2. The van der Waals surface area contributed by atoms with Gasteiger partial charge in [0.15, 0.2) is 5.82 Å². The Morgan fingerprint density at radius 3 is 2.71 bits per heavy atom. The Morgan fingerprint density at radius 1 is 1.33 bits per heavy atom. The van der Waals surface area contributed by atoms with Crippen molar-refractivity contribution in [3.8, 4) is 0 Å². The van der Waals surface area contributed by atoms with Gasteiger partial charge in [-0.15, -0.1) is 10.2 Å². The predicted molar refractivity (Wildman–Crippen MR) is 72.9 cm³/mol. The fourth-order valence-electron chi connectivity index (χ4n) is 1.88. The van der Waals surface area contributed by atoms with E-state index < -0.39 is 12.0 Å². The Morgan fingerprint density at radius 2 is 2.10 bits per heavy atom. The smallest absolute Gasteiger partial charge is 0.337 e. The molecule has 9 nitrogen and oxygen atoms in total. The Kier molecular flexibility index (Phi) is 4.12. The second kappa shape index (κ2) is 5.99. The van der Waals surface area contributed by atoms with Crippen LogP contribution in [0.4, 0.5) is 10.5 Å². The first-order valence-electron chi connectivity index (χ1n) is 6.09. The van der Waals surface area contributed by atoms with E-state index in [1.165, 1.54) is 6.07 Å². The van der Waals surface area contributed by atoms with Crippen molar-refractivity contribution in [1.29, 1.82) is 0 Å². The maximum atomic E-state index is 11.8. The van der Waals surface area contributed by atoms with E-state index in [-0.39, 0.29) is 17.8 Å². The van der Waals surface area contributed by atoms with Crippen LogP contribution in [0.2, 0.25) is 0 Å². The zero-order valence-corrected chi connectivity index (χ0v) is 11.5. The van der Waals surface area contributed by atoms with Crippen LogP contribution in [0.3, 0.4) is 0 Å². The standard InChI is InChI=1S/C12H14N6O3/c1-6-3-7(2)10(8(4-6)11(19)20)14-12(21)13-5-9-15-17-18-16-9/h3-4H,5H2,1-2H3,(H,19,20)(H2,13,14,21)(H,15,16,17,18). The second-order valence-corrected chi connectivity index (χ2v) is 4.45. The van der Waals surface area contributed by atoms with Gasteiger partial charge in [0.1, 0.15) is 0 Å². The molecule has 4 N–H and O–H groups in total. The summed E-state index contributed by atoms with van der Waals surface area (Å²) in [6.07, 6.45) is 0. The van der Waals surface area contributed by atoms with Crippen LogP contribution in [0.25, 0.3) is 0 Å². The molecular weight excluding hydrogens is 276 g/mol. The molecule has 0 aliphatic heterocycles. The van der Waals surface area contributed by atoms with Gasteiger partial charge in [-0.25, -0.2) is 9.59 Å². The number of carboxylic acid groups (broad SMARTS) is 1. The van der Waals surface area contributed by atoms with Crippen molar-refractivity contribution in [3.63, 3.8) is 0 Å². The van der Waals surface area contributed by atoms with Crippen LogP contribution < -0.4 is 10.6 Å². The van der Waals surface area contributed by atoms with Gasteiger partial charge in [-0.2, -0.15) is 5.21 Å². The Hall–Kier alpha value is -2.97. The van der Waals surface area contributed by atoms with Gasteiger partial charge in [0, 0.05) is 0 Å². The summed E-state index contributed by atoms with van der Waals surface area (Å²) in [6.45, 7) is 3.60. The highest BCUT2D eigenvalue weighted by Crippen LogP contribution is 2.22.